The van der Waals surface area contributed by atoms with Crippen LogP contribution in [0.15, 0.2) is 18.6 Å². The Morgan fingerprint density at radius 1 is 1.39 bits per heavy atom. The Kier molecular flexibility index (Phi) is 2.91. The largest absolute Gasteiger partial charge is 0.381 e. The number of anilines is 1. The van der Waals surface area contributed by atoms with Gasteiger partial charge in [0.25, 0.3) is 0 Å². The highest BCUT2D eigenvalue weighted by Crippen LogP contribution is 2.26. The van der Waals surface area contributed by atoms with Gasteiger partial charge < -0.3 is 14.6 Å². The number of ether oxygens (including phenoxy) is 1. The van der Waals surface area contributed by atoms with Crippen molar-refractivity contribution in [2.24, 2.45) is 7.05 Å². The molecule has 0 aromatic carbocycles. The first-order chi connectivity index (χ1) is 8.78. The zero-order valence-electron chi connectivity index (χ0n) is 10.8. The predicted molar refractivity (Wildman–Crippen MR) is 70.6 cm³/mol. The van der Waals surface area contributed by atoms with Crippen LogP contribution in [0.3, 0.4) is 0 Å². The Bertz CT molecular complexity index is 551. The first-order valence-electron chi connectivity index (χ1n) is 6.33. The molecule has 18 heavy (non-hydrogen) atoms. The molecule has 96 valence electrons. The summed E-state index contributed by atoms with van der Waals surface area (Å²) in [6.07, 6.45) is 7.32. The van der Waals surface area contributed by atoms with Crippen LogP contribution in [0.5, 0.6) is 0 Å². The maximum Gasteiger partial charge on any atom is 0.154 e. The minimum absolute atomic E-state index is 0.380. The molecule has 0 amide bonds. The second kappa shape index (κ2) is 4.57. The van der Waals surface area contributed by atoms with Crippen molar-refractivity contribution in [1.82, 2.24) is 14.5 Å². The van der Waals surface area contributed by atoms with Crippen LogP contribution < -0.4 is 5.32 Å². The zero-order valence-corrected chi connectivity index (χ0v) is 10.8. The van der Waals surface area contributed by atoms with Crippen LogP contribution in [-0.2, 0) is 11.8 Å². The first kappa shape index (κ1) is 11.5. The maximum absolute atomic E-state index is 5.39. The summed E-state index contributed by atoms with van der Waals surface area (Å²) >= 11 is 0. The predicted octanol–water partition coefficient (Wildman–Crippen LogP) is 1.95. The zero-order chi connectivity index (χ0) is 12.5. The quantitative estimate of drug-likeness (QED) is 0.899. The number of aryl methyl sites for hydroxylation is 1. The molecule has 2 heterocycles. The molecule has 1 aliphatic rings. The van der Waals surface area contributed by atoms with Crippen LogP contribution in [0.25, 0.3) is 11.0 Å². The van der Waals surface area contributed by atoms with Gasteiger partial charge in [-0.3, -0.25) is 0 Å². The Morgan fingerprint density at radius 3 is 3.06 bits per heavy atom. The van der Waals surface area contributed by atoms with E-state index < -0.39 is 0 Å². The van der Waals surface area contributed by atoms with Gasteiger partial charge in [-0.1, -0.05) is 0 Å². The van der Waals surface area contributed by atoms with Crippen LogP contribution in [0, 0.1) is 0 Å². The molecule has 0 aliphatic heterocycles. The van der Waals surface area contributed by atoms with Gasteiger partial charge in [0.1, 0.15) is 5.52 Å². The molecule has 5 nitrogen and oxygen atoms in total. The number of nitrogens with one attached hydrogen (secondary N) is 1. The van der Waals surface area contributed by atoms with Crippen molar-refractivity contribution < 1.29 is 4.74 Å². The summed E-state index contributed by atoms with van der Waals surface area (Å²) in [4.78, 5) is 8.81. The number of pyridine rings is 1. The molecule has 0 saturated heterocycles. The SMILES string of the molecule is COC1CCC(Nc2nccc3c2ncn3C)C1. The average Bonchev–Trinajstić information content (AvgIpc) is 2.98. The smallest absolute Gasteiger partial charge is 0.154 e. The van der Waals surface area contributed by atoms with E-state index >= 15 is 0 Å². The summed E-state index contributed by atoms with van der Waals surface area (Å²) in [5, 5.41) is 3.49. The molecule has 0 spiro atoms. The van der Waals surface area contributed by atoms with Crippen LogP contribution >= 0.6 is 0 Å². The number of aromatic nitrogens is 3. The molecule has 2 atom stereocenters. The number of methoxy groups -OCH3 is 1. The summed E-state index contributed by atoms with van der Waals surface area (Å²) in [6.45, 7) is 0. The lowest BCUT2D eigenvalue weighted by Crippen LogP contribution is -2.18. The van der Waals surface area contributed by atoms with E-state index in [0.29, 0.717) is 12.1 Å². The molecule has 5 heteroatoms. The fraction of sp³-hybridized carbons (Fsp3) is 0.538. The second-order valence-corrected chi connectivity index (χ2v) is 4.89. The number of hydrogen-bond acceptors (Lipinski definition) is 4. The van der Waals surface area contributed by atoms with E-state index in [9.17, 15) is 0 Å². The van der Waals surface area contributed by atoms with Gasteiger partial charge >= 0.3 is 0 Å². The van der Waals surface area contributed by atoms with E-state index in [1.54, 1.807) is 7.11 Å². The van der Waals surface area contributed by atoms with Gasteiger partial charge in [-0.05, 0) is 25.3 Å². The van der Waals surface area contributed by atoms with E-state index in [-0.39, 0.29) is 0 Å². The number of fused-ring (bicyclic) bond motifs is 1. The number of nitrogens with zero attached hydrogens (tertiary/aromatic N) is 3. The van der Waals surface area contributed by atoms with Crippen molar-refractivity contribution in [2.45, 2.75) is 31.4 Å². The van der Waals surface area contributed by atoms with Crippen molar-refractivity contribution in [2.75, 3.05) is 12.4 Å². The Morgan fingerprint density at radius 2 is 2.28 bits per heavy atom. The molecule has 2 aromatic heterocycles. The monoisotopic (exact) mass is 246 g/mol. The Balaban J connectivity index is 1.83. The van der Waals surface area contributed by atoms with Crippen molar-refractivity contribution in [1.29, 1.82) is 0 Å². The molecule has 1 saturated carbocycles. The van der Waals surface area contributed by atoms with E-state index in [0.717, 1.165) is 36.1 Å². The number of hydrogen-bond donors (Lipinski definition) is 1. The third-order valence-electron chi connectivity index (χ3n) is 3.70. The van der Waals surface area contributed by atoms with Crippen molar-refractivity contribution in [3.05, 3.63) is 18.6 Å². The van der Waals surface area contributed by atoms with Gasteiger partial charge in [-0.25, -0.2) is 9.97 Å². The highest BCUT2D eigenvalue weighted by atomic mass is 16.5. The minimum atomic E-state index is 0.380. The van der Waals surface area contributed by atoms with E-state index in [1.807, 2.05) is 30.2 Å². The normalized spacial score (nSPS) is 23.7. The molecule has 3 rings (SSSR count). The molecule has 2 unspecified atom stereocenters. The van der Waals surface area contributed by atoms with Gasteiger partial charge in [0.2, 0.25) is 0 Å². The van der Waals surface area contributed by atoms with Crippen LogP contribution in [0.1, 0.15) is 19.3 Å². The Hall–Kier alpha value is -1.62. The highest BCUT2D eigenvalue weighted by molar-refractivity contribution is 5.85. The summed E-state index contributed by atoms with van der Waals surface area (Å²) in [5.74, 6) is 0.884. The van der Waals surface area contributed by atoms with Gasteiger partial charge in [0.15, 0.2) is 5.82 Å². The lowest BCUT2D eigenvalue weighted by Gasteiger charge is -2.13. The summed E-state index contributed by atoms with van der Waals surface area (Å²) < 4.78 is 7.40. The van der Waals surface area contributed by atoms with Gasteiger partial charge in [-0.2, -0.15) is 0 Å². The number of imidazole rings is 1. The molecule has 0 bridgehead atoms. The van der Waals surface area contributed by atoms with Gasteiger partial charge in [0.05, 0.1) is 17.9 Å². The number of rotatable bonds is 3. The molecule has 0 radical (unpaired) electrons. The van der Waals surface area contributed by atoms with Crippen LogP contribution in [0.4, 0.5) is 5.82 Å². The summed E-state index contributed by atoms with van der Waals surface area (Å²) in [6, 6.07) is 2.43. The molecule has 2 aromatic rings. The van der Waals surface area contributed by atoms with Gasteiger partial charge in [0, 0.05) is 26.4 Å². The molecule has 1 aliphatic carbocycles. The van der Waals surface area contributed by atoms with E-state index in [2.05, 4.69) is 15.3 Å². The molecular formula is C13H18N4O. The van der Waals surface area contributed by atoms with E-state index in [4.69, 9.17) is 4.74 Å². The van der Waals surface area contributed by atoms with E-state index in [1.165, 1.54) is 0 Å². The third-order valence-corrected chi connectivity index (χ3v) is 3.70. The third kappa shape index (κ3) is 1.95. The lowest BCUT2D eigenvalue weighted by molar-refractivity contribution is 0.108. The van der Waals surface area contributed by atoms with Gasteiger partial charge in [-0.15, -0.1) is 0 Å². The summed E-state index contributed by atoms with van der Waals surface area (Å²) in [7, 11) is 3.78. The molecular weight excluding hydrogens is 228 g/mol. The summed E-state index contributed by atoms with van der Waals surface area (Å²) in [5.41, 5.74) is 2.05. The Labute approximate surface area is 106 Å². The lowest BCUT2D eigenvalue weighted by atomic mass is 10.2. The van der Waals surface area contributed by atoms with Crippen LogP contribution in [0.2, 0.25) is 0 Å². The van der Waals surface area contributed by atoms with Crippen molar-refractivity contribution >= 4 is 16.9 Å². The van der Waals surface area contributed by atoms with Crippen molar-refractivity contribution in [3.63, 3.8) is 0 Å². The minimum Gasteiger partial charge on any atom is -0.381 e. The highest BCUT2D eigenvalue weighted by Gasteiger charge is 2.25. The average molecular weight is 246 g/mol. The molecule has 1 fully saturated rings. The second-order valence-electron chi connectivity index (χ2n) is 4.89. The molecule has 1 N–H and O–H groups in total. The first-order valence-corrected chi connectivity index (χ1v) is 6.33. The van der Waals surface area contributed by atoms with Crippen molar-refractivity contribution in [3.8, 4) is 0 Å². The fourth-order valence-corrected chi connectivity index (χ4v) is 2.65. The fourth-order valence-electron chi connectivity index (χ4n) is 2.65. The topological polar surface area (TPSA) is 52.0 Å². The maximum atomic E-state index is 5.39. The van der Waals surface area contributed by atoms with Crippen LogP contribution in [-0.4, -0.2) is 33.8 Å². The standard InChI is InChI=1S/C13H18N4O/c1-17-8-15-12-11(17)5-6-14-13(12)16-9-3-4-10(7-9)18-2/h5-6,8-10H,3-4,7H2,1-2H3,(H,14,16).